The van der Waals surface area contributed by atoms with Crippen LogP contribution in [0.5, 0.6) is 0 Å². The topological polar surface area (TPSA) is 97.6 Å². The summed E-state index contributed by atoms with van der Waals surface area (Å²) < 4.78 is 10.1. The van der Waals surface area contributed by atoms with E-state index < -0.39 is 5.97 Å². The molecule has 8 nitrogen and oxygen atoms in total. The predicted octanol–water partition coefficient (Wildman–Crippen LogP) is 3.93. The molecule has 30 heavy (non-hydrogen) atoms. The summed E-state index contributed by atoms with van der Waals surface area (Å²) in [7, 11) is 1.33. The number of aromatic nitrogens is 2. The Morgan fingerprint density at radius 1 is 1.07 bits per heavy atom. The number of amides is 2. The maximum absolute atomic E-state index is 12.5. The highest BCUT2D eigenvalue weighted by atomic mass is 16.5. The summed E-state index contributed by atoms with van der Waals surface area (Å²) in [5.74, 6) is 0.929. The van der Waals surface area contributed by atoms with Crippen LogP contribution in [0.25, 0.3) is 11.4 Å². The molecule has 2 aromatic carbocycles. The Labute approximate surface area is 173 Å². The average molecular weight is 406 g/mol. The molecule has 0 radical (unpaired) electrons. The summed E-state index contributed by atoms with van der Waals surface area (Å²) >= 11 is 0. The van der Waals surface area contributed by atoms with Crippen LogP contribution in [0.2, 0.25) is 0 Å². The van der Waals surface area contributed by atoms with E-state index >= 15 is 0 Å². The van der Waals surface area contributed by atoms with Crippen molar-refractivity contribution < 1.29 is 18.8 Å². The second kappa shape index (κ2) is 8.77. The zero-order valence-electron chi connectivity index (χ0n) is 16.6. The van der Waals surface area contributed by atoms with Gasteiger partial charge in [0, 0.05) is 30.3 Å². The fourth-order valence-electron chi connectivity index (χ4n) is 3.45. The van der Waals surface area contributed by atoms with E-state index in [4.69, 9.17) is 4.52 Å². The molecule has 0 aliphatic carbocycles. The maximum atomic E-state index is 12.5. The van der Waals surface area contributed by atoms with E-state index in [9.17, 15) is 9.59 Å². The van der Waals surface area contributed by atoms with Crippen LogP contribution in [0.15, 0.2) is 59.1 Å². The lowest BCUT2D eigenvalue weighted by molar-refractivity contribution is 0.0600. The summed E-state index contributed by atoms with van der Waals surface area (Å²) in [5, 5.41) is 6.94. The number of ether oxygens (including phenoxy) is 1. The molecule has 4 rings (SSSR count). The van der Waals surface area contributed by atoms with Gasteiger partial charge in [-0.3, -0.25) is 0 Å². The van der Waals surface area contributed by atoms with Crippen molar-refractivity contribution in [3.05, 3.63) is 66.1 Å². The van der Waals surface area contributed by atoms with E-state index in [0.29, 0.717) is 36.1 Å². The van der Waals surface area contributed by atoms with Crippen molar-refractivity contribution in [2.24, 2.45) is 0 Å². The van der Waals surface area contributed by atoms with E-state index in [0.717, 1.165) is 18.4 Å². The Bertz CT molecular complexity index is 1010. The number of likely N-dealkylation sites (tertiary alicyclic amines) is 1. The van der Waals surface area contributed by atoms with Crippen LogP contribution in [-0.2, 0) is 4.74 Å². The van der Waals surface area contributed by atoms with Crippen LogP contribution in [0.3, 0.4) is 0 Å². The van der Waals surface area contributed by atoms with Crippen LogP contribution in [0.1, 0.15) is 35.0 Å². The van der Waals surface area contributed by atoms with Gasteiger partial charge >= 0.3 is 12.0 Å². The summed E-state index contributed by atoms with van der Waals surface area (Å²) in [6.45, 7) is 1.19. The van der Waals surface area contributed by atoms with E-state index in [1.54, 1.807) is 29.2 Å². The molecule has 1 aliphatic rings. The van der Waals surface area contributed by atoms with Crippen LogP contribution < -0.4 is 5.32 Å². The van der Waals surface area contributed by atoms with Crippen molar-refractivity contribution in [1.82, 2.24) is 15.0 Å². The van der Waals surface area contributed by atoms with Gasteiger partial charge in [-0.05, 0) is 37.1 Å². The molecule has 1 aromatic heterocycles. The summed E-state index contributed by atoms with van der Waals surface area (Å²) in [4.78, 5) is 30.3. The van der Waals surface area contributed by atoms with E-state index in [-0.39, 0.29) is 11.9 Å². The largest absolute Gasteiger partial charge is 0.465 e. The van der Waals surface area contributed by atoms with Crippen molar-refractivity contribution in [2.45, 2.75) is 18.8 Å². The van der Waals surface area contributed by atoms with Crippen LogP contribution in [0.4, 0.5) is 10.5 Å². The predicted molar refractivity (Wildman–Crippen MR) is 110 cm³/mol. The normalized spacial score (nSPS) is 14.4. The minimum Gasteiger partial charge on any atom is -0.465 e. The molecule has 0 saturated carbocycles. The monoisotopic (exact) mass is 406 g/mol. The first kappa shape index (κ1) is 19.6. The molecule has 0 spiro atoms. The molecule has 1 aliphatic heterocycles. The third-order valence-electron chi connectivity index (χ3n) is 5.16. The Hall–Kier alpha value is -3.68. The first-order chi connectivity index (χ1) is 14.6. The van der Waals surface area contributed by atoms with Gasteiger partial charge in [-0.1, -0.05) is 35.5 Å². The quantitative estimate of drug-likeness (QED) is 0.659. The zero-order valence-corrected chi connectivity index (χ0v) is 16.6. The van der Waals surface area contributed by atoms with Crippen molar-refractivity contribution in [3.63, 3.8) is 0 Å². The summed E-state index contributed by atoms with van der Waals surface area (Å²) in [6.07, 6.45) is 1.51. The number of methoxy groups -OCH3 is 1. The highest BCUT2D eigenvalue weighted by Crippen LogP contribution is 2.28. The molecule has 1 N–H and O–H groups in total. The number of hydrogen-bond acceptors (Lipinski definition) is 6. The minimum atomic E-state index is -0.411. The molecule has 8 heteroatoms. The second-order valence-corrected chi connectivity index (χ2v) is 7.08. The van der Waals surface area contributed by atoms with Gasteiger partial charge in [-0.25, -0.2) is 9.59 Å². The Kier molecular flexibility index (Phi) is 5.74. The van der Waals surface area contributed by atoms with Gasteiger partial charge in [0.2, 0.25) is 11.7 Å². The number of benzene rings is 2. The molecule has 0 atom stereocenters. The maximum Gasteiger partial charge on any atom is 0.337 e. The Balaban J connectivity index is 1.31. The van der Waals surface area contributed by atoms with Gasteiger partial charge in [0.05, 0.1) is 12.7 Å². The second-order valence-electron chi connectivity index (χ2n) is 7.08. The molecule has 3 aromatic rings. The number of nitrogens with zero attached hydrogens (tertiary/aromatic N) is 3. The fourth-order valence-corrected chi connectivity index (χ4v) is 3.45. The molecule has 2 amide bonds. The van der Waals surface area contributed by atoms with Crippen molar-refractivity contribution in [1.29, 1.82) is 0 Å². The number of esters is 1. The van der Waals surface area contributed by atoms with Crippen LogP contribution in [0, 0.1) is 0 Å². The molecule has 154 valence electrons. The van der Waals surface area contributed by atoms with Gasteiger partial charge in [0.15, 0.2) is 0 Å². The average Bonchev–Trinajstić information content (AvgIpc) is 3.30. The number of nitrogens with one attached hydrogen (secondary N) is 1. The molecule has 2 heterocycles. The van der Waals surface area contributed by atoms with Crippen molar-refractivity contribution in [3.8, 4) is 11.4 Å². The number of anilines is 1. The van der Waals surface area contributed by atoms with Gasteiger partial charge < -0.3 is 19.5 Å². The lowest BCUT2D eigenvalue weighted by Crippen LogP contribution is -2.40. The molecule has 1 fully saturated rings. The van der Waals surface area contributed by atoms with Crippen molar-refractivity contribution in [2.75, 3.05) is 25.5 Å². The number of hydrogen-bond donors (Lipinski definition) is 1. The standard InChI is InChI=1S/C22H22N4O4/c1-29-21(27)17-7-9-18(10-8-17)23-22(28)26-13-11-16(12-14-26)20-24-19(25-30-20)15-5-3-2-4-6-15/h2-10,16H,11-14H2,1H3,(H,23,28). The highest BCUT2D eigenvalue weighted by molar-refractivity contribution is 5.92. The van der Waals surface area contributed by atoms with E-state index in [1.165, 1.54) is 7.11 Å². The van der Waals surface area contributed by atoms with E-state index in [1.807, 2.05) is 30.3 Å². The number of carbonyl (C=O) groups excluding carboxylic acids is 2. The lowest BCUT2D eigenvalue weighted by atomic mass is 9.97. The Morgan fingerprint density at radius 3 is 2.43 bits per heavy atom. The number of urea groups is 1. The zero-order chi connectivity index (χ0) is 20.9. The minimum absolute atomic E-state index is 0.137. The third kappa shape index (κ3) is 4.32. The molecule has 0 unspecified atom stereocenters. The molecule has 0 bridgehead atoms. The summed E-state index contributed by atoms with van der Waals surface area (Å²) in [6, 6.07) is 16.1. The van der Waals surface area contributed by atoms with Crippen molar-refractivity contribution >= 4 is 17.7 Å². The Morgan fingerprint density at radius 2 is 1.77 bits per heavy atom. The SMILES string of the molecule is COC(=O)c1ccc(NC(=O)N2CCC(c3nc(-c4ccccc4)no3)CC2)cc1. The van der Waals surface area contributed by atoms with Gasteiger partial charge in [0.1, 0.15) is 0 Å². The van der Waals surface area contributed by atoms with E-state index in [2.05, 4.69) is 20.2 Å². The number of carbonyl (C=O) groups is 2. The highest BCUT2D eigenvalue weighted by Gasteiger charge is 2.27. The first-order valence-electron chi connectivity index (χ1n) is 9.77. The van der Waals surface area contributed by atoms with Gasteiger partial charge in [-0.15, -0.1) is 0 Å². The van der Waals surface area contributed by atoms with Crippen LogP contribution in [-0.4, -0.2) is 47.2 Å². The fraction of sp³-hybridized carbons (Fsp3) is 0.273. The molecular formula is C22H22N4O4. The van der Waals surface area contributed by atoms with Crippen LogP contribution >= 0.6 is 0 Å². The summed E-state index contributed by atoms with van der Waals surface area (Å²) in [5.41, 5.74) is 1.98. The smallest absolute Gasteiger partial charge is 0.337 e. The van der Waals surface area contributed by atoms with Gasteiger partial charge in [-0.2, -0.15) is 4.98 Å². The number of piperidine rings is 1. The lowest BCUT2D eigenvalue weighted by Gasteiger charge is -2.30. The van der Waals surface area contributed by atoms with Gasteiger partial charge in [0.25, 0.3) is 0 Å². The number of rotatable bonds is 4. The molecular weight excluding hydrogens is 384 g/mol. The third-order valence-corrected chi connectivity index (χ3v) is 5.16. The first-order valence-corrected chi connectivity index (χ1v) is 9.77. The molecule has 1 saturated heterocycles.